The molecule has 59 heavy (non-hydrogen) atoms. The molecular weight excluding hydrogens is 878 g/mol. The number of rotatable bonds is 9. The van der Waals surface area contributed by atoms with Gasteiger partial charge in [0.15, 0.2) is 0 Å². The highest BCUT2D eigenvalue weighted by atomic mass is 35.5. The van der Waals surface area contributed by atoms with Crippen LogP contribution in [0.5, 0.6) is 0 Å². The zero-order valence-corrected chi connectivity index (χ0v) is 38.9. The fourth-order valence-corrected chi connectivity index (χ4v) is 7.36. The number of sulfonamides is 2. The smallest absolute Gasteiger partial charge is 0.267 e. The largest absolute Gasteiger partial charge is 0.419 e. The third-order valence-electron chi connectivity index (χ3n) is 8.10. The molecule has 0 saturated carbocycles. The van der Waals surface area contributed by atoms with Crippen LogP contribution < -0.4 is 20.7 Å². The Morgan fingerprint density at radius 1 is 0.661 bits per heavy atom. The lowest BCUT2D eigenvalue weighted by molar-refractivity contribution is 0.0954. The highest BCUT2D eigenvalue weighted by molar-refractivity contribution is 7.93. The fourth-order valence-electron chi connectivity index (χ4n) is 4.75. The molecule has 4 aromatic carbocycles. The molecule has 0 spiro atoms. The Labute approximate surface area is 367 Å². The van der Waals surface area contributed by atoms with Gasteiger partial charge >= 0.3 is 0 Å². The second kappa shape index (κ2) is 20.1. The molecule has 0 radical (unpaired) electrons. The molecule has 12 nitrogen and oxygen atoms in total. The van der Waals surface area contributed by atoms with E-state index in [1.165, 1.54) is 30.3 Å². The number of hydrogen-bond donors (Lipinski definition) is 4. The summed E-state index contributed by atoms with van der Waals surface area (Å²) in [5.41, 5.74) is 4.93. The quantitative estimate of drug-likeness (QED) is 0.0483. The number of aromatic nitrogens is 2. The fraction of sp³-hybridized carbons (Fsp3) is 0.341. The van der Waals surface area contributed by atoms with E-state index < -0.39 is 26.0 Å². The molecule has 1 aromatic heterocycles. The van der Waals surface area contributed by atoms with Crippen LogP contribution in [0.2, 0.25) is 10.0 Å². The van der Waals surface area contributed by atoms with E-state index in [0.717, 1.165) is 17.0 Å². The molecular formula is C41H50Cl4N6O6S2. The van der Waals surface area contributed by atoms with Crippen molar-refractivity contribution in [3.05, 3.63) is 118 Å². The maximum Gasteiger partial charge on any atom is 0.267 e. The van der Waals surface area contributed by atoms with Gasteiger partial charge in [-0.2, -0.15) is 0 Å². The lowest BCUT2D eigenvalue weighted by Crippen LogP contribution is -2.31. The predicted octanol–water partition coefficient (Wildman–Crippen LogP) is 10.5. The van der Waals surface area contributed by atoms with Crippen molar-refractivity contribution in [1.29, 1.82) is 0 Å². The number of hydrogen-bond acceptors (Lipinski definition) is 9. The molecule has 18 heteroatoms. The van der Waals surface area contributed by atoms with Crippen LogP contribution in [0.3, 0.4) is 0 Å². The summed E-state index contributed by atoms with van der Waals surface area (Å²) in [6, 6.07) is 22.3. The summed E-state index contributed by atoms with van der Waals surface area (Å²) in [5.74, 6) is 5.63. The molecule has 0 atom stereocenters. The van der Waals surface area contributed by atoms with E-state index in [0.29, 0.717) is 16.0 Å². The number of carbonyl (C=O) groups excluding carboxylic acids is 1. The van der Waals surface area contributed by atoms with Crippen LogP contribution in [0.4, 0.5) is 11.4 Å². The highest BCUT2D eigenvalue weighted by Gasteiger charge is 2.23. The first kappa shape index (κ1) is 49.5. The Morgan fingerprint density at radius 3 is 1.47 bits per heavy atom. The number of nitrogens with two attached hydrogens (primary N) is 1. The van der Waals surface area contributed by atoms with Crippen molar-refractivity contribution in [3.63, 3.8) is 0 Å². The van der Waals surface area contributed by atoms with Gasteiger partial charge in [0.05, 0.1) is 32.3 Å². The van der Waals surface area contributed by atoms with Gasteiger partial charge in [-0.25, -0.2) is 22.7 Å². The van der Waals surface area contributed by atoms with Gasteiger partial charge in [-0.1, -0.05) is 110 Å². The molecule has 0 fully saturated rings. The number of nitrogens with one attached hydrogen (secondary N) is 3. The van der Waals surface area contributed by atoms with Gasteiger partial charge in [0.2, 0.25) is 11.8 Å². The van der Waals surface area contributed by atoms with Gasteiger partial charge in [-0.3, -0.25) is 19.7 Å². The molecule has 0 unspecified atom stereocenters. The molecule has 0 bridgehead atoms. The number of carbonyl (C=O) groups is 1. The van der Waals surface area contributed by atoms with Gasteiger partial charge in [-0.05, 0) is 88.0 Å². The summed E-state index contributed by atoms with van der Waals surface area (Å²) < 4.78 is 61.3. The number of alkyl halides is 2. The Bertz CT molecular complexity index is 2420. The van der Waals surface area contributed by atoms with E-state index in [2.05, 4.69) is 61.2 Å². The summed E-state index contributed by atoms with van der Waals surface area (Å²) in [6.07, 6.45) is 0. The number of benzene rings is 4. The minimum absolute atomic E-state index is 0.0323. The molecule has 0 saturated heterocycles. The van der Waals surface area contributed by atoms with Crippen LogP contribution in [0.15, 0.2) is 99.1 Å². The molecule has 0 aliphatic carbocycles. The van der Waals surface area contributed by atoms with Crippen LogP contribution in [0, 0.1) is 5.41 Å². The van der Waals surface area contributed by atoms with Crippen LogP contribution >= 0.6 is 46.4 Å². The number of nitrogen functional groups attached to an aromatic ring is 1. The van der Waals surface area contributed by atoms with Gasteiger partial charge in [0, 0.05) is 15.9 Å². The summed E-state index contributed by atoms with van der Waals surface area (Å²) in [7, 11) is -7.69. The van der Waals surface area contributed by atoms with Crippen LogP contribution in [0.25, 0.3) is 11.5 Å². The average Bonchev–Trinajstić information content (AvgIpc) is 3.65. The van der Waals surface area contributed by atoms with Gasteiger partial charge < -0.3 is 4.42 Å². The zero-order valence-electron chi connectivity index (χ0n) is 34.2. The molecule has 320 valence electrons. The van der Waals surface area contributed by atoms with E-state index in [1.807, 2.05) is 38.3 Å². The molecule has 0 aliphatic rings. The number of amides is 1. The summed E-state index contributed by atoms with van der Waals surface area (Å²) in [4.78, 5) is 12.1. The first-order valence-electron chi connectivity index (χ1n) is 18.0. The van der Waals surface area contributed by atoms with Crippen molar-refractivity contribution in [3.8, 4) is 11.5 Å². The number of hydrazine groups is 1. The third kappa shape index (κ3) is 14.7. The Balaban J connectivity index is 0.000000279. The summed E-state index contributed by atoms with van der Waals surface area (Å²) in [5, 5.41) is 8.40. The minimum atomic E-state index is -3.87. The van der Waals surface area contributed by atoms with Crippen molar-refractivity contribution in [2.75, 3.05) is 15.3 Å². The van der Waals surface area contributed by atoms with Crippen LogP contribution in [-0.2, 0) is 36.8 Å². The van der Waals surface area contributed by atoms with Crippen molar-refractivity contribution >= 4 is 83.7 Å². The van der Waals surface area contributed by atoms with Crippen LogP contribution in [0.1, 0.15) is 89.7 Å². The number of halogens is 4. The average molecular weight is 929 g/mol. The first-order chi connectivity index (χ1) is 27.2. The zero-order chi connectivity index (χ0) is 44.6. The van der Waals surface area contributed by atoms with E-state index in [-0.39, 0.29) is 60.2 Å². The first-order valence-corrected chi connectivity index (χ1v) is 22.8. The Morgan fingerprint density at radius 2 is 1.08 bits per heavy atom. The Hall–Kier alpha value is -3.89. The number of nitrogens with zero attached hydrogens (tertiary/aromatic N) is 2. The SMILES string of the molecule is CC(C)(C)CCl.CC(C)(C)c1ccc(S(=O)(=O)Nc2ccc(Cl)cc2-c2nnc(CCl)o2)cc1.CC(C)(C)c1ccc(S(=O)(=O)Nc2ccc(Cl)cc2C(=O)NN)cc1. The van der Waals surface area contributed by atoms with Gasteiger partial charge in [0.1, 0.15) is 5.88 Å². The molecule has 1 heterocycles. The Kier molecular flexibility index (Phi) is 16.9. The maximum atomic E-state index is 12.9. The molecule has 5 aromatic rings. The monoisotopic (exact) mass is 926 g/mol. The second-order valence-corrected chi connectivity index (χ2v) is 21.2. The van der Waals surface area contributed by atoms with Crippen LogP contribution in [-0.4, -0.2) is 38.8 Å². The summed E-state index contributed by atoms with van der Waals surface area (Å²) in [6.45, 7) is 18.7. The minimum Gasteiger partial charge on any atom is -0.419 e. The van der Waals surface area contributed by atoms with E-state index in [1.54, 1.807) is 42.5 Å². The van der Waals surface area contributed by atoms with E-state index >= 15 is 0 Å². The maximum absolute atomic E-state index is 12.9. The lowest BCUT2D eigenvalue weighted by Gasteiger charge is -2.19. The molecule has 1 amide bonds. The third-order valence-corrected chi connectivity index (χ3v) is 12.4. The van der Waals surface area contributed by atoms with Crippen molar-refractivity contribution in [2.45, 2.75) is 88.8 Å². The lowest BCUT2D eigenvalue weighted by atomic mass is 9.87. The van der Waals surface area contributed by atoms with Gasteiger partial charge in [0.25, 0.3) is 26.0 Å². The second-order valence-electron chi connectivity index (χ2n) is 16.4. The van der Waals surface area contributed by atoms with E-state index in [9.17, 15) is 21.6 Å². The topological polar surface area (TPSA) is 186 Å². The van der Waals surface area contributed by atoms with E-state index in [4.69, 9.17) is 56.7 Å². The standard InChI is InChI=1S/C19H19Cl2N3O3S.C17H20ClN3O3S.C5H11Cl/c1-19(2,3)12-4-7-14(8-5-12)28(25,26)24-16-9-6-13(21)10-15(16)18-23-22-17(11-20)27-18;1-17(2,3)11-4-7-13(8-5-11)25(23,24)21-15-9-6-12(18)10-14(15)16(22)20-19;1-5(2,3)4-6/h4-10,24H,11H2,1-3H3;4-10,21H,19H2,1-3H3,(H,20,22);4H2,1-3H3. The predicted molar refractivity (Wildman–Crippen MR) is 239 cm³/mol. The van der Waals surface area contributed by atoms with Gasteiger partial charge in [-0.15, -0.1) is 33.4 Å². The van der Waals surface area contributed by atoms with Crippen molar-refractivity contribution in [1.82, 2.24) is 15.6 Å². The van der Waals surface area contributed by atoms with Crippen molar-refractivity contribution < 1.29 is 26.0 Å². The van der Waals surface area contributed by atoms with Crippen molar-refractivity contribution in [2.24, 2.45) is 11.3 Å². The molecule has 0 aliphatic heterocycles. The highest BCUT2D eigenvalue weighted by Crippen LogP contribution is 2.33. The summed E-state index contributed by atoms with van der Waals surface area (Å²) >= 11 is 23.1. The normalized spacial score (nSPS) is 12.0. The molecule has 5 rings (SSSR count). The molecule has 5 N–H and O–H groups in total. The number of anilines is 2.